The quantitative estimate of drug-likeness (QED) is 0.719. The highest BCUT2D eigenvalue weighted by Crippen LogP contribution is 2.36. The molecule has 1 atom stereocenters. The molecular formula is C25H29FN4O2. The van der Waals surface area contributed by atoms with Gasteiger partial charge in [0.15, 0.2) is 0 Å². The molecule has 2 fully saturated rings. The SMILES string of the molecule is Cc1nc([C@@H]2CCCN(C(=O)Cc3ccc(F)cc3)C2)nc2c1CCC(=O)N2CC1CC1. The molecule has 0 bridgehead atoms. The van der Waals surface area contributed by atoms with Crippen LogP contribution in [0, 0.1) is 18.7 Å². The molecule has 0 N–H and O–H groups in total. The van der Waals surface area contributed by atoms with Gasteiger partial charge in [0, 0.05) is 43.2 Å². The van der Waals surface area contributed by atoms with Crippen LogP contribution < -0.4 is 4.90 Å². The van der Waals surface area contributed by atoms with Crippen LogP contribution in [0.2, 0.25) is 0 Å². The van der Waals surface area contributed by atoms with Crippen molar-refractivity contribution in [3.05, 3.63) is 52.7 Å². The monoisotopic (exact) mass is 436 g/mol. The van der Waals surface area contributed by atoms with Crippen molar-refractivity contribution >= 4 is 17.6 Å². The average molecular weight is 437 g/mol. The molecule has 0 radical (unpaired) electrons. The van der Waals surface area contributed by atoms with Crippen molar-refractivity contribution < 1.29 is 14.0 Å². The predicted octanol–water partition coefficient (Wildman–Crippen LogP) is 3.56. The fourth-order valence-corrected chi connectivity index (χ4v) is 4.84. The van der Waals surface area contributed by atoms with E-state index in [9.17, 15) is 14.0 Å². The van der Waals surface area contributed by atoms with E-state index in [2.05, 4.69) is 0 Å². The topological polar surface area (TPSA) is 66.4 Å². The highest BCUT2D eigenvalue weighted by atomic mass is 19.1. The van der Waals surface area contributed by atoms with Gasteiger partial charge in [-0.3, -0.25) is 14.5 Å². The lowest BCUT2D eigenvalue weighted by Crippen LogP contribution is -2.41. The number of fused-ring (bicyclic) bond motifs is 1. The zero-order valence-corrected chi connectivity index (χ0v) is 18.5. The summed E-state index contributed by atoms with van der Waals surface area (Å²) in [5.74, 6) is 2.10. The molecule has 3 aliphatic rings. The van der Waals surface area contributed by atoms with Gasteiger partial charge in [0.05, 0.1) is 6.42 Å². The van der Waals surface area contributed by atoms with E-state index in [0.29, 0.717) is 31.8 Å². The number of hydrogen-bond donors (Lipinski definition) is 0. The third-order valence-corrected chi connectivity index (χ3v) is 6.90. The van der Waals surface area contributed by atoms with Crippen molar-refractivity contribution in [3.8, 4) is 0 Å². The van der Waals surface area contributed by atoms with Gasteiger partial charge in [-0.25, -0.2) is 14.4 Å². The Morgan fingerprint density at radius 1 is 1.12 bits per heavy atom. The van der Waals surface area contributed by atoms with Crippen molar-refractivity contribution in [3.63, 3.8) is 0 Å². The second-order valence-electron chi connectivity index (χ2n) is 9.40. The van der Waals surface area contributed by atoms with Gasteiger partial charge in [-0.15, -0.1) is 0 Å². The van der Waals surface area contributed by atoms with Gasteiger partial charge in [0.2, 0.25) is 11.8 Å². The molecule has 6 nitrogen and oxygen atoms in total. The van der Waals surface area contributed by atoms with Crippen LogP contribution >= 0.6 is 0 Å². The summed E-state index contributed by atoms with van der Waals surface area (Å²) in [6.45, 7) is 4.06. The number of likely N-dealkylation sites (tertiary alicyclic amines) is 1. The number of anilines is 1. The Morgan fingerprint density at radius 3 is 2.66 bits per heavy atom. The summed E-state index contributed by atoms with van der Waals surface area (Å²) in [6.07, 6.45) is 5.68. The Kier molecular flexibility index (Phi) is 5.66. The van der Waals surface area contributed by atoms with Crippen LogP contribution in [-0.4, -0.2) is 46.3 Å². The molecule has 7 heteroatoms. The first kappa shape index (κ1) is 21.0. The zero-order valence-electron chi connectivity index (χ0n) is 18.5. The molecule has 0 unspecified atom stereocenters. The number of rotatable bonds is 5. The Morgan fingerprint density at radius 2 is 1.91 bits per heavy atom. The molecule has 1 aliphatic carbocycles. The largest absolute Gasteiger partial charge is 0.342 e. The van der Waals surface area contributed by atoms with E-state index in [4.69, 9.17) is 9.97 Å². The van der Waals surface area contributed by atoms with Gasteiger partial charge in [-0.05, 0) is 62.6 Å². The number of piperidine rings is 1. The highest BCUT2D eigenvalue weighted by Gasteiger charge is 2.34. The summed E-state index contributed by atoms with van der Waals surface area (Å²) in [4.78, 5) is 39.0. The highest BCUT2D eigenvalue weighted by molar-refractivity contribution is 5.95. The molecule has 3 heterocycles. The minimum absolute atomic E-state index is 0.0431. The minimum Gasteiger partial charge on any atom is -0.342 e. The fraction of sp³-hybridized carbons (Fsp3) is 0.520. The van der Waals surface area contributed by atoms with E-state index >= 15 is 0 Å². The Bertz CT molecular complexity index is 1030. The van der Waals surface area contributed by atoms with E-state index < -0.39 is 0 Å². The predicted molar refractivity (Wildman–Crippen MR) is 119 cm³/mol. The molecule has 1 aromatic heterocycles. The number of aromatic nitrogens is 2. The number of aryl methyl sites for hydroxylation is 1. The first-order chi connectivity index (χ1) is 15.5. The molecule has 1 saturated carbocycles. The summed E-state index contributed by atoms with van der Waals surface area (Å²) in [6, 6.07) is 6.10. The lowest BCUT2D eigenvalue weighted by Gasteiger charge is -2.34. The van der Waals surface area contributed by atoms with Crippen LogP contribution in [0.25, 0.3) is 0 Å². The zero-order chi connectivity index (χ0) is 22.2. The summed E-state index contributed by atoms with van der Waals surface area (Å²) in [5, 5.41) is 0. The Balaban J connectivity index is 1.34. The molecule has 2 amide bonds. The third-order valence-electron chi connectivity index (χ3n) is 6.90. The van der Waals surface area contributed by atoms with Crippen molar-refractivity contribution in [2.75, 3.05) is 24.5 Å². The maximum Gasteiger partial charge on any atom is 0.228 e. The van der Waals surface area contributed by atoms with Gasteiger partial charge < -0.3 is 4.90 Å². The summed E-state index contributed by atoms with van der Waals surface area (Å²) < 4.78 is 13.2. The third kappa shape index (κ3) is 4.38. The Hall–Kier alpha value is -2.83. The van der Waals surface area contributed by atoms with Gasteiger partial charge in [0.1, 0.15) is 17.5 Å². The smallest absolute Gasteiger partial charge is 0.228 e. The lowest BCUT2D eigenvalue weighted by atomic mass is 9.95. The first-order valence-corrected chi connectivity index (χ1v) is 11.7. The maximum atomic E-state index is 13.2. The molecule has 32 heavy (non-hydrogen) atoms. The van der Waals surface area contributed by atoms with Crippen LogP contribution in [-0.2, 0) is 22.4 Å². The summed E-state index contributed by atoms with van der Waals surface area (Å²) >= 11 is 0. The molecule has 168 valence electrons. The van der Waals surface area contributed by atoms with Gasteiger partial charge in [-0.2, -0.15) is 0 Å². The number of benzene rings is 1. The number of amides is 2. The van der Waals surface area contributed by atoms with Gasteiger partial charge >= 0.3 is 0 Å². The summed E-state index contributed by atoms with van der Waals surface area (Å²) in [7, 11) is 0. The second-order valence-corrected chi connectivity index (χ2v) is 9.40. The van der Waals surface area contributed by atoms with Crippen molar-refractivity contribution in [1.29, 1.82) is 0 Å². The number of carbonyl (C=O) groups excluding carboxylic acids is 2. The standard InChI is InChI=1S/C25H29FN4O2/c1-16-21-10-11-22(31)30(14-18-4-5-18)25(21)28-24(27-16)19-3-2-12-29(15-19)23(32)13-17-6-8-20(26)9-7-17/h6-9,18-19H,2-5,10-15H2,1H3/t19-/m1/s1. The van der Waals surface area contributed by atoms with Crippen LogP contribution in [0.4, 0.5) is 10.2 Å². The van der Waals surface area contributed by atoms with Crippen LogP contribution in [0.3, 0.4) is 0 Å². The number of hydrogen-bond acceptors (Lipinski definition) is 4. The van der Waals surface area contributed by atoms with Crippen LogP contribution in [0.15, 0.2) is 24.3 Å². The van der Waals surface area contributed by atoms with Gasteiger partial charge in [0.25, 0.3) is 0 Å². The normalized spacial score (nSPS) is 20.9. The van der Waals surface area contributed by atoms with Crippen LogP contribution in [0.5, 0.6) is 0 Å². The second kappa shape index (κ2) is 8.60. The Labute approximate surface area is 187 Å². The summed E-state index contributed by atoms with van der Waals surface area (Å²) in [5.41, 5.74) is 2.86. The minimum atomic E-state index is -0.298. The molecule has 0 spiro atoms. The molecule has 2 aromatic rings. The number of nitrogens with zero attached hydrogens (tertiary/aromatic N) is 4. The molecule has 2 aliphatic heterocycles. The van der Waals surface area contributed by atoms with Crippen molar-refractivity contribution in [2.24, 2.45) is 5.92 Å². The fourth-order valence-electron chi connectivity index (χ4n) is 4.84. The van der Waals surface area contributed by atoms with E-state index in [1.165, 1.54) is 25.0 Å². The maximum absolute atomic E-state index is 13.2. The average Bonchev–Trinajstić information content (AvgIpc) is 3.61. The molecule has 5 rings (SSSR count). The van der Waals surface area contributed by atoms with E-state index in [1.807, 2.05) is 16.7 Å². The molecule has 1 saturated heterocycles. The lowest BCUT2D eigenvalue weighted by molar-refractivity contribution is -0.131. The van der Waals surface area contributed by atoms with Crippen molar-refractivity contribution in [2.45, 2.75) is 57.8 Å². The number of halogens is 1. The van der Waals surface area contributed by atoms with Crippen LogP contribution in [0.1, 0.15) is 60.7 Å². The molecule has 1 aromatic carbocycles. The van der Waals surface area contributed by atoms with E-state index in [-0.39, 0.29) is 30.0 Å². The van der Waals surface area contributed by atoms with E-state index in [0.717, 1.165) is 47.8 Å². The molecular weight excluding hydrogens is 407 g/mol. The van der Waals surface area contributed by atoms with E-state index in [1.54, 1.807) is 12.1 Å². The number of carbonyl (C=O) groups is 2. The van der Waals surface area contributed by atoms with Gasteiger partial charge in [-0.1, -0.05) is 12.1 Å². The van der Waals surface area contributed by atoms with Crippen molar-refractivity contribution in [1.82, 2.24) is 14.9 Å². The first-order valence-electron chi connectivity index (χ1n) is 11.7.